The van der Waals surface area contributed by atoms with Gasteiger partial charge in [-0.1, -0.05) is 44.2 Å². The number of phenols is 1. The van der Waals surface area contributed by atoms with E-state index in [1.165, 1.54) is 17.2 Å². The Hall–Kier alpha value is -2.29. The summed E-state index contributed by atoms with van der Waals surface area (Å²) in [6.45, 7) is 4.42. The molecule has 0 radical (unpaired) electrons. The molecule has 0 aliphatic rings. The summed E-state index contributed by atoms with van der Waals surface area (Å²) in [5, 5.41) is 9.64. The molecule has 21 heavy (non-hydrogen) atoms. The predicted molar refractivity (Wildman–Crippen MR) is 82.4 cm³/mol. The maximum Gasteiger partial charge on any atom is 0.342 e. The predicted octanol–water partition coefficient (Wildman–Crippen LogP) is 3.87. The first-order valence-corrected chi connectivity index (χ1v) is 7.20. The topological polar surface area (TPSA) is 46.5 Å². The Labute approximate surface area is 125 Å². The Balaban J connectivity index is 2.09. The average molecular weight is 284 g/mol. The maximum absolute atomic E-state index is 12.0. The molecule has 0 heterocycles. The van der Waals surface area contributed by atoms with Gasteiger partial charge in [0, 0.05) is 0 Å². The molecule has 0 aromatic heterocycles. The molecule has 2 aromatic rings. The molecule has 0 spiro atoms. The van der Waals surface area contributed by atoms with E-state index in [9.17, 15) is 9.90 Å². The number of phenolic OH excluding ortho intramolecular Hbond substituents is 1. The second kappa shape index (κ2) is 6.93. The lowest BCUT2D eigenvalue weighted by atomic mass is 10.0. The molecular formula is C18H20O3. The van der Waals surface area contributed by atoms with Crippen LogP contribution in [0, 0.1) is 0 Å². The number of aromatic hydroxyl groups is 1. The van der Waals surface area contributed by atoms with Crippen LogP contribution in [-0.4, -0.2) is 11.1 Å². The fraction of sp³-hybridized carbons (Fsp3) is 0.278. The van der Waals surface area contributed by atoms with Gasteiger partial charge in [0.25, 0.3) is 0 Å². The van der Waals surface area contributed by atoms with Crippen molar-refractivity contribution in [1.82, 2.24) is 0 Å². The molecular weight excluding hydrogens is 264 g/mol. The van der Waals surface area contributed by atoms with Crippen LogP contribution in [0.25, 0.3) is 0 Å². The zero-order valence-electron chi connectivity index (χ0n) is 12.4. The van der Waals surface area contributed by atoms with Crippen LogP contribution in [0.1, 0.15) is 40.9 Å². The van der Waals surface area contributed by atoms with Gasteiger partial charge in [-0.15, -0.1) is 0 Å². The summed E-state index contributed by atoms with van der Waals surface area (Å²) in [6.07, 6.45) is 1.91. The van der Waals surface area contributed by atoms with Crippen LogP contribution in [0.2, 0.25) is 0 Å². The van der Waals surface area contributed by atoms with Gasteiger partial charge in [-0.05, 0) is 41.7 Å². The van der Waals surface area contributed by atoms with Crippen LogP contribution in [0.5, 0.6) is 5.75 Å². The quantitative estimate of drug-likeness (QED) is 0.848. The van der Waals surface area contributed by atoms with Crippen LogP contribution in [0.15, 0.2) is 42.5 Å². The number of esters is 1. The van der Waals surface area contributed by atoms with E-state index >= 15 is 0 Å². The molecule has 0 aliphatic carbocycles. The van der Waals surface area contributed by atoms with Crippen molar-refractivity contribution in [3.8, 4) is 5.75 Å². The normalized spacial score (nSPS) is 10.4. The van der Waals surface area contributed by atoms with Crippen molar-refractivity contribution >= 4 is 5.97 Å². The monoisotopic (exact) mass is 284 g/mol. The lowest BCUT2D eigenvalue weighted by Crippen LogP contribution is -2.06. The molecule has 1 N–H and O–H groups in total. The molecule has 3 heteroatoms. The minimum absolute atomic E-state index is 0.0564. The third-order valence-electron chi connectivity index (χ3n) is 3.42. The van der Waals surface area contributed by atoms with E-state index in [0.29, 0.717) is 0 Å². The van der Waals surface area contributed by atoms with Gasteiger partial charge in [-0.3, -0.25) is 0 Å². The summed E-state index contributed by atoms with van der Waals surface area (Å²) in [5.74, 6) is -0.563. The largest absolute Gasteiger partial charge is 0.507 e. The first-order chi connectivity index (χ1) is 10.1. The Bertz CT molecular complexity index is 610. The van der Waals surface area contributed by atoms with Gasteiger partial charge in [0.05, 0.1) is 0 Å². The highest BCUT2D eigenvalue weighted by atomic mass is 16.5. The lowest BCUT2D eigenvalue weighted by molar-refractivity contribution is 0.0469. The number of para-hydroxylation sites is 1. The zero-order valence-corrected chi connectivity index (χ0v) is 12.4. The molecule has 2 aromatic carbocycles. The minimum Gasteiger partial charge on any atom is -0.507 e. The Morgan fingerprint density at radius 3 is 2.14 bits per heavy atom. The van der Waals surface area contributed by atoms with Gasteiger partial charge in [-0.2, -0.15) is 0 Å². The summed E-state index contributed by atoms with van der Waals surface area (Å²) >= 11 is 0. The molecule has 0 fully saturated rings. The number of ether oxygens (including phenoxy) is 1. The van der Waals surface area contributed by atoms with Crippen molar-refractivity contribution < 1.29 is 14.6 Å². The van der Waals surface area contributed by atoms with Gasteiger partial charge >= 0.3 is 5.97 Å². The number of hydrogen-bond donors (Lipinski definition) is 1. The summed E-state index contributed by atoms with van der Waals surface area (Å²) in [5.41, 5.74) is 3.65. The third-order valence-corrected chi connectivity index (χ3v) is 3.42. The van der Waals surface area contributed by atoms with E-state index in [2.05, 4.69) is 32.0 Å². The summed E-state index contributed by atoms with van der Waals surface area (Å²) in [4.78, 5) is 12.0. The molecule has 0 unspecified atom stereocenters. The Morgan fingerprint density at radius 1 is 1.00 bits per heavy atom. The molecule has 2 rings (SSSR count). The standard InChI is InChI=1S/C18H20O3/c1-3-13-9-14(4-2)11-15(10-13)12-21-18(20)16-7-5-6-8-17(16)19/h5-11,19H,3-4,12H2,1-2H3. The minimum atomic E-state index is -0.506. The van der Waals surface area contributed by atoms with E-state index in [1.54, 1.807) is 18.2 Å². The van der Waals surface area contributed by atoms with E-state index in [1.807, 2.05) is 0 Å². The van der Waals surface area contributed by atoms with Gasteiger partial charge in [0.1, 0.15) is 17.9 Å². The molecule has 0 atom stereocenters. The fourth-order valence-corrected chi connectivity index (χ4v) is 2.20. The Kier molecular flexibility index (Phi) is 4.99. The molecule has 0 saturated heterocycles. The average Bonchev–Trinajstić information content (AvgIpc) is 2.52. The summed E-state index contributed by atoms with van der Waals surface area (Å²) in [7, 11) is 0. The van der Waals surface area contributed by atoms with Crippen LogP contribution in [-0.2, 0) is 24.2 Å². The van der Waals surface area contributed by atoms with Crippen molar-refractivity contribution in [1.29, 1.82) is 0 Å². The smallest absolute Gasteiger partial charge is 0.342 e. The maximum atomic E-state index is 12.0. The molecule has 3 nitrogen and oxygen atoms in total. The third kappa shape index (κ3) is 3.85. The highest BCUT2D eigenvalue weighted by molar-refractivity contribution is 5.92. The van der Waals surface area contributed by atoms with Crippen LogP contribution in [0.3, 0.4) is 0 Å². The Morgan fingerprint density at radius 2 is 1.57 bits per heavy atom. The number of aryl methyl sites for hydroxylation is 2. The SMILES string of the molecule is CCc1cc(CC)cc(COC(=O)c2ccccc2O)c1. The molecule has 0 aliphatic heterocycles. The molecule has 0 saturated carbocycles. The van der Waals surface area contributed by atoms with Crippen LogP contribution < -0.4 is 0 Å². The first kappa shape index (κ1) is 15.1. The van der Waals surface area contributed by atoms with Gasteiger partial charge in [0.15, 0.2) is 0 Å². The number of rotatable bonds is 5. The first-order valence-electron chi connectivity index (χ1n) is 7.20. The van der Waals surface area contributed by atoms with Crippen LogP contribution in [0.4, 0.5) is 0 Å². The fourth-order valence-electron chi connectivity index (χ4n) is 2.20. The lowest BCUT2D eigenvalue weighted by Gasteiger charge is -2.09. The van der Waals surface area contributed by atoms with Crippen molar-refractivity contribution in [2.75, 3.05) is 0 Å². The van der Waals surface area contributed by atoms with E-state index < -0.39 is 5.97 Å². The number of hydrogen-bond acceptors (Lipinski definition) is 3. The number of benzene rings is 2. The molecule has 0 amide bonds. The van der Waals surface area contributed by atoms with Crippen LogP contribution >= 0.6 is 0 Å². The van der Waals surface area contributed by atoms with Crippen molar-refractivity contribution in [3.63, 3.8) is 0 Å². The van der Waals surface area contributed by atoms with E-state index in [0.717, 1.165) is 18.4 Å². The van der Waals surface area contributed by atoms with Gasteiger partial charge in [0.2, 0.25) is 0 Å². The van der Waals surface area contributed by atoms with E-state index in [-0.39, 0.29) is 17.9 Å². The van der Waals surface area contributed by atoms with Gasteiger partial charge < -0.3 is 9.84 Å². The summed E-state index contributed by atoms with van der Waals surface area (Å²) in [6, 6.07) is 12.7. The van der Waals surface area contributed by atoms with Crippen molar-refractivity contribution in [2.24, 2.45) is 0 Å². The number of carbonyl (C=O) groups is 1. The highest BCUT2D eigenvalue weighted by Gasteiger charge is 2.12. The number of carbonyl (C=O) groups excluding carboxylic acids is 1. The summed E-state index contributed by atoms with van der Waals surface area (Å²) < 4.78 is 5.30. The van der Waals surface area contributed by atoms with E-state index in [4.69, 9.17) is 4.74 Å². The second-order valence-electron chi connectivity index (χ2n) is 4.96. The highest BCUT2D eigenvalue weighted by Crippen LogP contribution is 2.18. The van der Waals surface area contributed by atoms with Crippen molar-refractivity contribution in [2.45, 2.75) is 33.3 Å². The second-order valence-corrected chi connectivity index (χ2v) is 4.96. The van der Waals surface area contributed by atoms with Gasteiger partial charge in [-0.25, -0.2) is 4.79 Å². The zero-order chi connectivity index (χ0) is 15.2. The molecule has 110 valence electrons. The molecule has 0 bridgehead atoms. The van der Waals surface area contributed by atoms with Crippen molar-refractivity contribution in [3.05, 3.63) is 64.7 Å².